The Morgan fingerprint density at radius 1 is 0.710 bits per heavy atom. The van der Waals surface area contributed by atoms with Gasteiger partial charge in [-0.15, -0.1) is 0 Å². The molecule has 0 spiro atoms. The molecule has 0 atom stereocenters. The van der Waals surface area contributed by atoms with Gasteiger partial charge in [0.05, 0.1) is 0 Å². The Kier molecular flexibility index (Phi) is 4.28. The highest BCUT2D eigenvalue weighted by Crippen LogP contribution is 2.45. The smallest absolute Gasteiger partial charge is 0.143 e. The topological polar surface area (TPSA) is 22.1 Å². The molecule has 0 aliphatic heterocycles. The molecular weight excluding hydrogens is 378 g/mol. The molecular formula is C29H21NO. The van der Waals surface area contributed by atoms with Crippen molar-refractivity contribution in [1.82, 2.24) is 4.98 Å². The number of pyridine rings is 1. The molecule has 0 fully saturated rings. The summed E-state index contributed by atoms with van der Waals surface area (Å²) in [6.07, 6.45) is 10.4. The van der Waals surface area contributed by atoms with Crippen LogP contribution in [0.1, 0.15) is 17.5 Å². The number of nitrogens with zero attached hydrogens (tertiary/aromatic N) is 1. The van der Waals surface area contributed by atoms with E-state index < -0.39 is 0 Å². The first-order valence-corrected chi connectivity index (χ1v) is 10.7. The van der Waals surface area contributed by atoms with Crippen molar-refractivity contribution in [2.75, 3.05) is 0 Å². The molecule has 1 aromatic heterocycles. The largest absolute Gasteiger partial charge is 0.455 e. The van der Waals surface area contributed by atoms with E-state index in [9.17, 15) is 0 Å². The summed E-state index contributed by atoms with van der Waals surface area (Å²) in [5.41, 5.74) is 4.91. The number of allylic oxidation sites excluding steroid dienone is 1. The Balaban J connectivity index is 1.66. The van der Waals surface area contributed by atoms with Crippen molar-refractivity contribution in [3.8, 4) is 22.6 Å². The number of aromatic nitrogens is 1. The molecule has 31 heavy (non-hydrogen) atoms. The molecule has 0 saturated carbocycles. The Hall–Kier alpha value is -3.91. The van der Waals surface area contributed by atoms with Crippen molar-refractivity contribution in [2.24, 2.45) is 0 Å². The number of benzene rings is 4. The maximum atomic E-state index is 6.72. The van der Waals surface area contributed by atoms with Gasteiger partial charge in [0.15, 0.2) is 0 Å². The van der Waals surface area contributed by atoms with Crippen molar-refractivity contribution in [1.29, 1.82) is 0 Å². The second-order valence-corrected chi connectivity index (χ2v) is 7.91. The minimum atomic E-state index is 0.889. The van der Waals surface area contributed by atoms with Gasteiger partial charge in [-0.05, 0) is 47.1 Å². The maximum Gasteiger partial charge on any atom is 0.143 e. The van der Waals surface area contributed by atoms with Gasteiger partial charge in [-0.1, -0.05) is 78.9 Å². The normalized spacial score (nSPS) is 12.8. The summed E-state index contributed by atoms with van der Waals surface area (Å²) >= 11 is 0. The van der Waals surface area contributed by atoms with E-state index >= 15 is 0 Å². The summed E-state index contributed by atoms with van der Waals surface area (Å²) in [4.78, 5) is 4.46. The third-order valence-corrected chi connectivity index (χ3v) is 6.07. The van der Waals surface area contributed by atoms with E-state index in [-0.39, 0.29) is 0 Å². The lowest BCUT2D eigenvalue weighted by Gasteiger charge is -2.20. The van der Waals surface area contributed by atoms with E-state index in [0.29, 0.717) is 0 Å². The van der Waals surface area contributed by atoms with Crippen molar-refractivity contribution >= 4 is 27.6 Å². The van der Waals surface area contributed by atoms with Crippen LogP contribution in [-0.4, -0.2) is 4.98 Å². The molecule has 2 heteroatoms. The molecule has 0 unspecified atom stereocenters. The number of rotatable bonds is 3. The summed E-state index contributed by atoms with van der Waals surface area (Å²) in [5, 5.41) is 4.45. The summed E-state index contributed by atoms with van der Waals surface area (Å²) in [7, 11) is 0. The van der Waals surface area contributed by atoms with Crippen LogP contribution in [0.2, 0.25) is 0 Å². The van der Waals surface area contributed by atoms with Crippen molar-refractivity contribution < 1.29 is 4.74 Å². The highest BCUT2D eigenvalue weighted by Gasteiger charge is 2.18. The van der Waals surface area contributed by atoms with Crippen molar-refractivity contribution in [2.45, 2.75) is 12.8 Å². The van der Waals surface area contributed by atoms with Gasteiger partial charge in [0.2, 0.25) is 0 Å². The SMILES string of the molecule is C1=Cc2c(cccc2Oc2c3ccccc3c(-c3ccccc3)c3cnccc23)CC1. The molecule has 2 nitrogen and oxygen atoms in total. The zero-order valence-electron chi connectivity index (χ0n) is 17.1. The van der Waals surface area contributed by atoms with Crippen LogP contribution in [0.5, 0.6) is 11.5 Å². The Labute approximate surface area is 181 Å². The Morgan fingerprint density at radius 3 is 2.42 bits per heavy atom. The predicted molar refractivity (Wildman–Crippen MR) is 129 cm³/mol. The fourth-order valence-electron chi connectivity index (χ4n) is 4.64. The lowest BCUT2D eigenvalue weighted by atomic mass is 9.92. The van der Waals surface area contributed by atoms with Gasteiger partial charge in [0.25, 0.3) is 0 Å². The maximum absolute atomic E-state index is 6.72. The van der Waals surface area contributed by atoms with E-state index in [1.165, 1.54) is 27.6 Å². The Bertz CT molecular complexity index is 1390. The van der Waals surface area contributed by atoms with E-state index in [1.54, 1.807) is 0 Å². The molecule has 0 amide bonds. The number of fused-ring (bicyclic) bond motifs is 3. The van der Waals surface area contributed by atoms with Gasteiger partial charge >= 0.3 is 0 Å². The van der Waals surface area contributed by atoms with Gasteiger partial charge in [-0.25, -0.2) is 0 Å². The second-order valence-electron chi connectivity index (χ2n) is 7.91. The first kappa shape index (κ1) is 17.9. The lowest BCUT2D eigenvalue weighted by molar-refractivity contribution is 0.491. The monoisotopic (exact) mass is 399 g/mol. The first-order valence-electron chi connectivity index (χ1n) is 10.7. The highest BCUT2D eigenvalue weighted by molar-refractivity contribution is 6.16. The summed E-state index contributed by atoms with van der Waals surface area (Å²) in [5.74, 6) is 1.80. The highest BCUT2D eigenvalue weighted by atomic mass is 16.5. The van der Waals surface area contributed by atoms with E-state index in [0.717, 1.165) is 40.5 Å². The van der Waals surface area contributed by atoms with Crippen LogP contribution in [0.4, 0.5) is 0 Å². The number of aryl methyl sites for hydroxylation is 1. The summed E-state index contributed by atoms with van der Waals surface area (Å²) in [6.45, 7) is 0. The average molecular weight is 399 g/mol. The third-order valence-electron chi connectivity index (χ3n) is 6.07. The quantitative estimate of drug-likeness (QED) is 0.289. The first-order chi connectivity index (χ1) is 15.4. The zero-order chi connectivity index (χ0) is 20.6. The minimum absolute atomic E-state index is 0.889. The minimum Gasteiger partial charge on any atom is -0.455 e. The molecule has 148 valence electrons. The predicted octanol–water partition coefficient (Wildman–Crippen LogP) is 7.81. The molecule has 6 rings (SSSR count). The standard InChI is InChI=1S/C29H21NO/c1-2-10-21(11-3-1)28-23-14-6-7-15-24(23)29(25-17-18-30-19-26(25)28)31-27-16-8-12-20-9-4-5-13-22(20)27/h1-3,5-8,10-19H,4,9H2. The van der Waals surface area contributed by atoms with Crippen LogP contribution in [0, 0.1) is 0 Å². The van der Waals surface area contributed by atoms with Crippen LogP contribution in [0.25, 0.3) is 38.7 Å². The zero-order valence-corrected chi connectivity index (χ0v) is 17.1. The molecule has 0 radical (unpaired) electrons. The van der Waals surface area contributed by atoms with Crippen LogP contribution in [-0.2, 0) is 6.42 Å². The van der Waals surface area contributed by atoms with E-state index in [1.807, 2.05) is 12.4 Å². The molecule has 1 heterocycles. The van der Waals surface area contributed by atoms with Crippen LogP contribution >= 0.6 is 0 Å². The van der Waals surface area contributed by atoms with E-state index in [4.69, 9.17) is 4.74 Å². The van der Waals surface area contributed by atoms with Gasteiger partial charge in [-0.3, -0.25) is 4.98 Å². The number of hydrogen-bond donors (Lipinski definition) is 0. The van der Waals surface area contributed by atoms with Gasteiger partial charge in [0.1, 0.15) is 11.5 Å². The molecule has 0 bridgehead atoms. The van der Waals surface area contributed by atoms with Gasteiger partial charge < -0.3 is 4.74 Å². The average Bonchev–Trinajstić information content (AvgIpc) is 2.85. The molecule has 4 aromatic carbocycles. The molecule has 0 N–H and O–H groups in total. The summed E-state index contributed by atoms with van der Waals surface area (Å²) < 4.78 is 6.72. The molecule has 0 saturated heterocycles. The Morgan fingerprint density at radius 2 is 1.52 bits per heavy atom. The fraction of sp³-hybridized carbons (Fsp3) is 0.0690. The third kappa shape index (κ3) is 3.00. The second kappa shape index (κ2) is 7.41. The van der Waals surface area contributed by atoms with E-state index in [2.05, 4.69) is 96.0 Å². The molecule has 1 aliphatic carbocycles. The number of hydrogen-bond acceptors (Lipinski definition) is 2. The molecule has 1 aliphatic rings. The lowest BCUT2D eigenvalue weighted by Crippen LogP contribution is -1.98. The van der Waals surface area contributed by atoms with Crippen LogP contribution in [0.3, 0.4) is 0 Å². The molecule has 5 aromatic rings. The van der Waals surface area contributed by atoms with Crippen LogP contribution in [0.15, 0.2) is 97.3 Å². The number of ether oxygens (including phenoxy) is 1. The van der Waals surface area contributed by atoms with Crippen LogP contribution < -0.4 is 4.74 Å². The summed E-state index contributed by atoms with van der Waals surface area (Å²) in [6, 6.07) is 27.5. The van der Waals surface area contributed by atoms with Crippen molar-refractivity contribution in [3.05, 3.63) is 108 Å². The van der Waals surface area contributed by atoms with Gasteiger partial charge in [0, 0.05) is 34.1 Å². The van der Waals surface area contributed by atoms with Gasteiger partial charge in [-0.2, -0.15) is 0 Å². The fourth-order valence-corrected chi connectivity index (χ4v) is 4.64. The van der Waals surface area contributed by atoms with Crippen molar-refractivity contribution in [3.63, 3.8) is 0 Å².